The third-order valence-corrected chi connectivity index (χ3v) is 2.98. The molecule has 0 fully saturated rings. The fourth-order valence-corrected chi connectivity index (χ4v) is 1.80. The van der Waals surface area contributed by atoms with Crippen LogP contribution in [0.15, 0.2) is 0 Å². The summed E-state index contributed by atoms with van der Waals surface area (Å²) < 4.78 is 0. The zero-order chi connectivity index (χ0) is 13.3. The zero-order valence-corrected chi connectivity index (χ0v) is 11.9. The molecule has 0 spiro atoms. The zero-order valence-electron chi connectivity index (χ0n) is 11.9. The van der Waals surface area contributed by atoms with E-state index in [1.807, 2.05) is 7.05 Å². The molecule has 0 radical (unpaired) electrons. The lowest BCUT2D eigenvalue weighted by molar-refractivity contribution is -0.130. The average Bonchev–Trinajstić information content (AvgIpc) is 2.30. The third kappa shape index (κ3) is 7.34. The molecule has 0 saturated carbocycles. The number of amides is 1. The van der Waals surface area contributed by atoms with Crippen molar-refractivity contribution >= 4 is 5.91 Å². The van der Waals surface area contributed by atoms with Crippen molar-refractivity contribution in [2.24, 2.45) is 5.73 Å². The molecule has 0 aromatic heterocycles. The first-order valence-corrected chi connectivity index (χ1v) is 6.71. The van der Waals surface area contributed by atoms with Gasteiger partial charge in [0.15, 0.2) is 0 Å². The molecule has 0 aromatic carbocycles. The van der Waals surface area contributed by atoms with Gasteiger partial charge in [-0.15, -0.1) is 0 Å². The maximum atomic E-state index is 11.8. The van der Waals surface area contributed by atoms with Crippen molar-refractivity contribution < 1.29 is 4.79 Å². The second kappa shape index (κ2) is 9.42. The Morgan fingerprint density at radius 3 is 2.35 bits per heavy atom. The largest absolute Gasteiger partial charge is 0.346 e. The van der Waals surface area contributed by atoms with Crippen molar-refractivity contribution in [1.29, 1.82) is 0 Å². The second-order valence-corrected chi connectivity index (χ2v) is 4.84. The van der Waals surface area contributed by atoms with Crippen molar-refractivity contribution in [2.75, 3.05) is 33.2 Å². The number of carbonyl (C=O) groups is 1. The van der Waals surface area contributed by atoms with E-state index >= 15 is 0 Å². The van der Waals surface area contributed by atoms with Gasteiger partial charge in [-0.25, -0.2) is 0 Å². The summed E-state index contributed by atoms with van der Waals surface area (Å²) in [5.41, 5.74) is 5.43. The van der Waals surface area contributed by atoms with Crippen molar-refractivity contribution in [3.05, 3.63) is 0 Å². The Hall–Kier alpha value is -0.610. The first kappa shape index (κ1) is 16.4. The van der Waals surface area contributed by atoms with Crippen molar-refractivity contribution in [2.45, 2.75) is 46.1 Å². The number of nitrogens with two attached hydrogens (primary N) is 1. The molecular weight excluding hydrogens is 214 g/mol. The van der Waals surface area contributed by atoms with Crippen LogP contribution in [0.5, 0.6) is 0 Å². The molecule has 102 valence electrons. The second-order valence-electron chi connectivity index (χ2n) is 4.84. The summed E-state index contributed by atoms with van der Waals surface area (Å²) in [5.74, 6) is 0.222. The SMILES string of the molecule is CCCN(CCC(=O)N(C)CCCN)C(C)C. The third-order valence-electron chi connectivity index (χ3n) is 2.98. The van der Waals surface area contributed by atoms with Crippen LogP contribution in [-0.4, -0.2) is 55.0 Å². The van der Waals surface area contributed by atoms with E-state index < -0.39 is 0 Å². The van der Waals surface area contributed by atoms with Gasteiger partial charge < -0.3 is 15.5 Å². The summed E-state index contributed by atoms with van der Waals surface area (Å²) in [4.78, 5) is 16.0. The highest BCUT2D eigenvalue weighted by Gasteiger charge is 2.13. The lowest BCUT2D eigenvalue weighted by Gasteiger charge is -2.26. The molecule has 0 heterocycles. The van der Waals surface area contributed by atoms with E-state index in [9.17, 15) is 4.79 Å². The van der Waals surface area contributed by atoms with Gasteiger partial charge in [0, 0.05) is 32.6 Å². The van der Waals surface area contributed by atoms with Gasteiger partial charge in [-0.1, -0.05) is 6.92 Å². The molecule has 17 heavy (non-hydrogen) atoms. The average molecular weight is 243 g/mol. The van der Waals surface area contributed by atoms with Gasteiger partial charge in [-0.05, 0) is 39.8 Å². The molecule has 4 nitrogen and oxygen atoms in total. The summed E-state index contributed by atoms with van der Waals surface area (Å²) >= 11 is 0. The number of rotatable bonds is 9. The van der Waals surface area contributed by atoms with Crippen LogP contribution in [0.1, 0.15) is 40.0 Å². The van der Waals surface area contributed by atoms with E-state index in [2.05, 4.69) is 25.7 Å². The molecule has 0 unspecified atom stereocenters. The molecule has 0 saturated heterocycles. The number of carbonyl (C=O) groups excluding carboxylic acids is 1. The molecule has 0 aliphatic heterocycles. The van der Waals surface area contributed by atoms with Gasteiger partial charge >= 0.3 is 0 Å². The standard InChI is InChI=1S/C13H29N3O/c1-5-9-16(12(2)3)11-7-13(17)15(4)10-6-8-14/h12H,5-11,14H2,1-4H3. The van der Waals surface area contributed by atoms with Gasteiger partial charge in [0.1, 0.15) is 0 Å². The number of hydrogen-bond acceptors (Lipinski definition) is 3. The lowest BCUT2D eigenvalue weighted by Crippen LogP contribution is -2.36. The Balaban J connectivity index is 3.94. The highest BCUT2D eigenvalue weighted by atomic mass is 16.2. The quantitative estimate of drug-likeness (QED) is 0.664. The maximum absolute atomic E-state index is 11.8. The summed E-state index contributed by atoms with van der Waals surface area (Å²) in [6.45, 7) is 9.87. The van der Waals surface area contributed by atoms with Crippen LogP contribution >= 0.6 is 0 Å². The normalized spacial score (nSPS) is 11.2. The summed E-state index contributed by atoms with van der Waals surface area (Å²) in [5, 5.41) is 0. The van der Waals surface area contributed by atoms with Gasteiger partial charge in [0.05, 0.1) is 0 Å². The van der Waals surface area contributed by atoms with Crippen LogP contribution in [0, 0.1) is 0 Å². The Morgan fingerprint density at radius 2 is 1.88 bits per heavy atom. The highest BCUT2D eigenvalue weighted by Crippen LogP contribution is 2.02. The molecule has 0 aliphatic rings. The highest BCUT2D eigenvalue weighted by molar-refractivity contribution is 5.76. The van der Waals surface area contributed by atoms with Crippen LogP contribution in [-0.2, 0) is 4.79 Å². The number of nitrogens with zero attached hydrogens (tertiary/aromatic N) is 2. The molecule has 2 N–H and O–H groups in total. The first-order chi connectivity index (χ1) is 8.02. The summed E-state index contributed by atoms with van der Waals surface area (Å²) in [7, 11) is 1.86. The Morgan fingerprint density at radius 1 is 1.24 bits per heavy atom. The fraction of sp³-hybridized carbons (Fsp3) is 0.923. The van der Waals surface area contributed by atoms with Crippen molar-refractivity contribution in [1.82, 2.24) is 9.80 Å². The van der Waals surface area contributed by atoms with Crippen LogP contribution in [0.25, 0.3) is 0 Å². The van der Waals surface area contributed by atoms with Gasteiger partial charge in [-0.3, -0.25) is 4.79 Å². The van der Waals surface area contributed by atoms with Crippen LogP contribution < -0.4 is 5.73 Å². The van der Waals surface area contributed by atoms with Crippen LogP contribution in [0.4, 0.5) is 0 Å². The van der Waals surface area contributed by atoms with E-state index in [0.29, 0.717) is 19.0 Å². The fourth-order valence-electron chi connectivity index (χ4n) is 1.80. The van der Waals surface area contributed by atoms with Crippen molar-refractivity contribution in [3.63, 3.8) is 0 Å². The Bertz CT molecular complexity index is 207. The van der Waals surface area contributed by atoms with Crippen LogP contribution in [0.3, 0.4) is 0 Å². The summed E-state index contributed by atoms with van der Waals surface area (Å²) in [6.07, 6.45) is 2.62. The predicted molar refractivity (Wildman–Crippen MR) is 72.9 cm³/mol. The molecule has 0 aliphatic carbocycles. The minimum Gasteiger partial charge on any atom is -0.346 e. The molecular formula is C13H29N3O. The molecule has 0 rings (SSSR count). The monoisotopic (exact) mass is 243 g/mol. The Labute approximate surface area is 106 Å². The molecule has 4 heteroatoms. The van der Waals surface area contributed by atoms with Crippen LogP contribution in [0.2, 0.25) is 0 Å². The molecule has 0 atom stereocenters. The minimum atomic E-state index is 0.222. The van der Waals surface area contributed by atoms with Gasteiger partial charge in [0.2, 0.25) is 5.91 Å². The van der Waals surface area contributed by atoms with Crippen molar-refractivity contribution in [3.8, 4) is 0 Å². The van der Waals surface area contributed by atoms with E-state index in [1.165, 1.54) is 0 Å². The topological polar surface area (TPSA) is 49.6 Å². The summed E-state index contributed by atoms with van der Waals surface area (Å²) in [6, 6.07) is 0.511. The van der Waals surface area contributed by atoms with Gasteiger partial charge in [0.25, 0.3) is 0 Å². The molecule has 0 bridgehead atoms. The minimum absolute atomic E-state index is 0.222. The Kier molecular flexibility index (Phi) is 9.09. The maximum Gasteiger partial charge on any atom is 0.223 e. The van der Waals surface area contributed by atoms with E-state index in [-0.39, 0.29) is 5.91 Å². The lowest BCUT2D eigenvalue weighted by atomic mass is 10.2. The van der Waals surface area contributed by atoms with E-state index in [4.69, 9.17) is 5.73 Å². The number of hydrogen-bond donors (Lipinski definition) is 1. The first-order valence-electron chi connectivity index (χ1n) is 6.71. The smallest absolute Gasteiger partial charge is 0.223 e. The predicted octanol–water partition coefficient (Wildman–Crippen LogP) is 1.30. The molecule has 1 amide bonds. The van der Waals surface area contributed by atoms with E-state index in [0.717, 1.165) is 32.5 Å². The van der Waals surface area contributed by atoms with Gasteiger partial charge in [-0.2, -0.15) is 0 Å². The molecule has 0 aromatic rings. The van der Waals surface area contributed by atoms with E-state index in [1.54, 1.807) is 4.90 Å².